The van der Waals surface area contributed by atoms with E-state index in [0.717, 1.165) is 11.5 Å². The molecule has 1 atom stereocenters. The number of nitrogens with zero attached hydrogens (tertiary/aromatic N) is 2. The van der Waals surface area contributed by atoms with Crippen LogP contribution in [0.1, 0.15) is 18.8 Å². The molecule has 1 aromatic heterocycles. The first-order chi connectivity index (χ1) is 9.24. The fraction of sp³-hybridized carbons (Fsp3) is 0.333. The van der Waals surface area contributed by atoms with Gasteiger partial charge < -0.3 is 20.5 Å². The molecule has 19 heavy (non-hydrogen) atoms. The molecule has 3 rings (SSSR count). The van der Waals surface area contributed by atoms with Crippen LogP contribution in [0.25, 0.3) is 0 Å². The Balaban J connectivity index is 1.84. The van der Waals surface area contributed by atoms with Crippen LogP contribution in [-0.4, -0.2) is 28.4 Å². The molecule has 0 aliphatic carbocycles. The van der Waals surface area contributed by atoms with Crippen LogP contribution in [0.3, 0.4) is 0 Å². The maximum Gasteiger partial charge on any atom is 0.163 e. The van der Waals surface area contributed by atoms with Gasteiger partial charge in [-0.15, -0.1) is 0 Å². The first kappa shape index (κ1) is 11.6. The number of nitrogen functional groups attached to an aromatic ring is 1. The van der Waals surface area contributed by atoms with Crippen LogP contribution in [0.2, 0.25) is 0 Å². The van der Waals surface area contributed by atoms with Crippen molar-refractivity contribution in [3.63, 3.8) is 0 Å². The summed E-state index contributed by atoms with van der Waals surface area (Å²) in [5.41, 5.74) is 7.39. The second-order valence-corrected chi connectivity index (χ2v) is 4.32. The van der Waals surface area contributed by atoms with E-state index in [1.165, 1.54) is 6.33 Å². The second-order valence-electron chi connectivity index (χ2n) is 4.32. The third-order valence-electron chi connectivity index (χ3n) is 2.93. The number of nitrogens with one attached hydrogen (secondary N) is 2. The molecule has 0 radical (unpaired) electrons. The molecule has 0 amide bonds. The number of rotatable bonds is 3. The van der Waals surface area contributed by atoms with E-state index in [0.29, 0.717) is 30.4 Å². The van der Waals surface area contributed by atoms with Gasteiger partial charge in [0.25, 0.3) is 0 Å². The van der Waals surface area contributed by atoms with Gasteiger partial charge in [-0.1, -0.05) is 0 Å². The minimum atomic E-state index is -0.0349. The predicted octanol–water partition coefficient (Wildman–Crippen LogP) is 1.33. The predicted molar refractivity (Wildman–Crippen MR) is 70.3 cm³/mol. The molecule has 0 saturated carbocycles. The van der Waals surface area contributed by atoms with Gasteiger partial charge in [-0.2, -0.15) is 5.10 Å². The molecule has 1 aromatic carbocycles. The van der Waals surface area contributed by atoms with Crippen LogP contribution in [0, 0.1) is 0 Å². The van der Waals surface area contributed by atoms with E-state index >= 15 is 0 Å². The zero-order chi connectivity index (χ0) is 13.2. The molecular weight excluding hydrogens is 246 g/mol. The Kier molecular flexibility index (Phi) is 2.86. The lowest BCUT2D eigenvalue weighted by Crippen LogP contribution is -2.16. The normalized spacial score (nSPS) is 15.0. The minimum Gasteiger partial charge on any atom is -0.486 e. The number of nitrogens with two attached hydrogens (primary N) is 1. The zero-order valence-electron chi connectivity index (χ0n) is 10.5. The summed E-state index contributed by atoms with van der Waals surface area (Å²) >= 11 is 0. The molecule has 1 aliphatic rings. The third-order valence-corrected chi connectivity index (χ3v) is 2.93. The highest BCUT2D eigenvalue weighted by molar-refractivity contribution is 5.72. The third kappa shape index (κ3) is 2.26. The Hall–Kier alpha value is -2.44. The number of hydrogen-bond donors (Lipinski definition) is 3. The number of H-pyrrole nitrogens is 1. The highest BCUT2D eigenvalue weighted by Crippen LogP contribution is 2.37. The Morgan fingerprint density at radius 1 is 1.32 bits per heavy atom. The fourth-order valence-corrected chi connectivity index (χ4v) is 1.95. The zero-order valence-corrected chi connectivity index (χ0v) is 10.5. The lowest BCUT2D eigenvalue weighted by Gasteiger charge is -2.21. The summed E-state index contributed by atoms with van der Waals surface area (Å²) in [4.78, 5) is 4.10. The van der Waals surface area contributed by atoms with Gasteiger partial charge in [-0.3, -0.25) is 5.10 Å². The minimum absolute atomic E-state index is 0.0349. The summed E-state index contributed by atoms with van der Waals surface area (Å²) in [6.45, 7) is 3.07. The Bertz CT molecular complexity index is 570. The Morgan fingerprint density at radius 3 is 2.74 bits per heavy atom. The van der Waals surface area contributed by atoms with E-state index in [4.69, 9.17) is 15.2 Å². The van der Waals surface area contributed by atoms with Crippen LogP contribution < -0.4 is 20.5 Å². The van der Waals surface area contributed by atoms with Gasteiger partial charge in [0.1, 0.15) is 25.4 Å². The standard InChI is InChI=1S/C12H15N5O2/c1-7(12-14-6-15-17-12)16-9-5-11-10(4-8(9)13)18-2-3-19-11/h4-7,16H,2-3,13H2,1H3,(H,14,15,17). The molecule has 0 spiro atoms. The average Bonchev–Trinajstić information content (AvgIpc) is 2.93. The Labute approximate surface area is 110 Å². The molecule has 100 valence electrons. The van der Waals surface area contributed by atoms with Gasteiger partial charge in [0.15, 0.2) is 11.5 Å². The number of ether oxygens (including phenoxy) is 2. The summed E-state index contributed by atoms with van der Waals surface area (Å²) in [6.07, 6.45) is 1.47. The van der Waals surface area contributed by atoms with E-state index in [2.05, 4.69) is 20.5 Å². The molecule has 2 heterocycles. The smallest absolute Gasteiger partial charge is 0.163 e. The van der Waals surface area contributed by atoms with Crippen molar-refractivity contribution >= 4 is 11.4 Å². The van der Waals surface area contributed by atoms with Crippen molar-refractivity contribution in [3.05, 3.63) is 24.3 Å². The molecule has 4 N–H and O–H groups in total. The van der Waals surface area contributed by atoms with Crippen LogP contribution >= 0.6 is 0 Å². The van der Waals surface area contributed by atoms with E-state index in [1.807, 2.05) is 13.0 Å². The molecule has 2 aromatic rings. The quantitative estimate of drug-likeness (QED) is 0.721. The van der Waals surface area contributed by atoms with E-state index in [-0.39, 0.29) is 6.04 Å². The lowest BCUT2D eigenvalue weighted by atomic mass is 10.2. The Morgan fingerprint density at radius 2 is 2.05 bits per heavy atom. The van der Waals surface area contributed by atoms with Gasteiger partial charge in [-0.25, -0.2) is 4.98 Å². The van der Waals surface area contributed by atoms with Crippen molar-refractivity contribution in [1.82, 2.24) is 15.2 Å². The van der Waals surface area contributed by atoms with E-state index < -0.39 is 0 Å². The highest BCUT2D eigenvalue weighted by Gasteiger charge is 2.16. The molecule has 0 bridgehead atoms. The number of fused-ring (bicyclic) bond motifs is 1. The summed E-state index contributed by atoms with van der Waals surface area (Å²) in [6, 6.07) is 3.58. The van der Waals surface area contributed by atoms with Gasteiger partial charge in [0, 0.05) is 12.1 Å². The van der Waals surface area contributed by atoms with Crippen molar-refractivity contribution < 1.29 is 9.47 Å². The van der Waals surface area contributed by atoms with Crippen LogP contribution in [0.15, 0.2) is 18.5 Å². The summed E-state index contributed by atoms with van der Waals surface area (Å²) in [7, 11) is 0. The highest BCUT2D eigenvalue weighted by atomic mass is 16.6. The lowest BCUT2D eigenvalue weighted by molar-refractivity contribution is 0.172. The van der Waals surface area contributed by atoms with Crippen LogP contribution in [0.4, 0.5) is 11.4 Å². The summed E-state index contributed by atoms with van der Waals surface area (Å²) in [5.74, 6) is 2.13. The van der Waals surface area contributed by atoms with Crippen LogP contribution in [0.5, 0.6) is 11.5 Å². The van der Waals surface area contributed by atoms with Crippen molar-refractivity contribution in [2.75, 3.05) is 24.3 Å². The monoisotopic (exact) mass is 261 g/mol. The fourth-order valence-electron chi connectivity index (χ4n) is 1.95. The molecular formula is C12H15N5O2. The SMILES string of the molecule is CC(Nc1cc2c(cc1N)OCCO2)c1ncn[nH]1. The second kappa shape index (κ2) is 4.68. The molecule has 1 unspecified atom stereocenters. The topological polar surface area (TPSA) is 98.1 Å². The number of anilines is 2. The molecule has 7 heteroatoms. The van der Waals surface area contributed by atoms with E-state index in [1.54, 1.807) is 6.07 Å². The molecule has 7 nitrogen and oxygen atoms in total. The van der Waals surface area contributed by atoms with Crippen molar-refractivity contribution in [2.24, 2.45) is 0 Å². The average molecular weight is 261 g/mol. The van der Waals surface area contributed by atoms with Crippen molar-refractivity contribution in [3.8, 4) is 11.5 Å². The van der Waals surface area contributed by atoms with Crippen LogP contribution in [-0.2, 0) is 0 Å². The van der Waals surface area contributed by atoms with Crippen molar-refractivity contribution in [1.29, 1.82) is 0 Å². The van der Waals surface area contributed by atoms with Gasteiger partial charge in [-0.05, 0) is 6.92 Å². The van der Waals surface area contributed by atoms with Gasteiger partial charge in [0.2, 0.25) is 0 Å². The maximum absolute atomic E-state index is 6.00. The van der Waals surface area contributed by atoms with Crippen molar-refractivity contribution in [2.45, 2.75) is 13.0 Å². The number of hydrogen-bond acceptors (Lipinski definition) is 6. The first-order valence-corrected chi connectivity index (χ1v) is 6.05. The maximum atomic E-state index is 6.00. The molecule has 1 aliphatic heterocycles. The number of aromatic nitrogens is 3. The number of benzene rings is 1. The summed E-state index contributed by atoms with van der Waals surface area (Å²) < 4.78 is 11.0. The van der Waals surface area contributed by atoms with E-state index in [9.17, 15) is 0 Å². The molecule has 0 fully saturated rings. The first-order valence-electron chi connectivity index (χ1n) is 6.05. The number of aromatic amines is 1. The largest absolute Gasteiger partial charge is 0.486 e. The van der Waals surface area contributed by atoms with Gasteiger partial charge >= 0.3 is 0 Å². The molecule has 0 saturated heterocycles. The van der Waals surface area contributed by atoms with Gasteiger partial charge in [0.05, 0.1) is 17.4 Å². The summed E-state index contributed by atoms with van der Waals surface area (Å²) in [5, 5.41) is 9.91.